The summed E-state index contributed by atoms with van der Waals surface area (Å²) in [6, 6.07) is 6.40. The fraction of sp³-hybridized carbons (Fsp3) is 0.469. The number of hydrogen-bond donors (Lipinski definition) is 1. The largest absolute Gasteiger partial charge is 0.487 e. The Kier molecular flexibility index (Phi) is 9.07. The number of aliphatic carboxylic acids is 1. The Hall–Kier alpha value is -4.10. The first-order chi connectivity index (χ1) is 20.1. The maximum atomic E-state index is 14.2. The monoisotopic (exact) mass is 608 g/mol. The van der Waals surface area contributed by atoms with E-state index in [1.54, 1.807) is 31.7 Å². The van der Waals surface area contributed by atoms with Gasteiger partial charge in [-0.1, -0.05) is 29.8 Å². The molecule has 228 valence electrons. The van der Waals surface area contributed by atoms with Crippen molar-refractivity contribution in [1.82, 2.24) is 14.8 Å². The second-order valence-electron chi connectivity index (χ2n) is 12.4. The number of halogens is 1. The first-order valence-electron chi connectivity index (χ1n) is 14.1. The minimum atomic E-state index is -1.69. The Morgan fingerprint density at radius 1 is 1.16 bits per heavy atom. The lowest BCUT2D eigenvalue weighted by Crippen LogP contribution is -2.67. The number of carboxylic acid groups (broad SMARTS) is 1. The van der Waals surface area contributed by atoms with Crippen LogP contribution in [0.2, 0.25) is 5.02 Å². The SMILES string of the molecule is Cc1cc(C2=CCN(C(=O)[C@H]3N(C(=O)OC(C)(C)C)C[C@@H](Oc4cncc(Cl)c4)C[C@]3(C)C(=O)O)CC2)cc(C)c1C#N. The van der Waals surface area contributed by atoms with E-state index in [1.165, 1.54) is 24.2 Å². The predicted octanol–water partition coefficient (Wildman–Crippen LogP) is 5.39. The first kappa shape index (κ1) is 31.8. The van der Waals surface area contributed by atoms with E-state index in [0.717, 1.165) is 22.3 Å². The molecule has 1 saturated heterocycles. The lowest BCUT2D eigenvalue weighted by atomic mass is 9.73. The number of piperidine rings is 1. The Balaban J connectivity index is 1.65. The molecule has 3 atom stereocenters. The van der Waals surface area contributed by atoms with E-state index >= 15 is 0 Å². The van der Waals surface area contributed by atoms with E-state index in [0.29, 0.717) is 29.3 Å². The highest BCUT2D eigenvalue weighted by molar-refractivity contribution is 6.30. The van der Waals surface area contributed by atoms with E-state index in [1.807, 2.05) is 32.1 Å². The molecule has 0 radical (unpaired) electrons. The summed E-state index contributed by atoms with van der Waals surface area (Å²) in [6.45, 7) is 10.9. The maximum Gasteiger partial charge on any atom is 0.411 e. The standard InChI is InChI=1S/C32H37ClN4O6/c1-19-11-22(12-20(2)26(19)15-34)21-7-9-36(10-8-21)28(38)27-32(6,29(39)40)14-25(42-24-13-23(33)16-35-17-24)18-37(27)30(41)43-31(3,4)5/h7,11-13,16-17,25,27H,8-10,14,18H2,1-6H3,(H,39,40)/t25-,27+,32-/m0/s1. The summed E-state index contributed by atoms with van der Waals surface area (Å²) in [7, 11) is 0. The summed E-state index contributed by atoms with van der Waals surface area (Å²) in [5.41, 5.74) is 1.88. The lowest BCUT2D eigenvalue weighted by Gasteiger charge is -2.48. The number of likely N-dealkylation sites (tertiary alicyclic amines) is 1. The zero-order valence-electron chi connectivity index (χ0n) is 25.3. The van der Waals surface area contributed by atoms with E-state index < -0.39 is 41.1 Å². The van der Waals surface area contributed by atoms with Crippen molar-refractivity contribution in [3.8, 4) is 11.8 Å². The number of benzene rings is 1. The highest BCUT2D eigenvalue weighted by Crippen LogP contribution is 2.40. The molecule has 2 aliphatic rings. The Morgan fingerprint density at radius 2 is 1.84 bits per heavy atom. The van der Waals surface area contributed by atoms with Crippen molar-refractivity contribution in [3.05, 3.63) is 63.9 Å². The van der Waals surface area contributed by atoms with Gasteiger partial charge >= 0.3 is 12.1 Å². The topological polar surface area (TPSA) is 133 Å². The average molecular weight is 609 g/mol. The minimum Gasteiger partial charge on any atom is -0.487 e. The molecule has 1 N–H and O–H groups in total. The Bertz CT molecular complexity index is 1490. The van der Waals surface area contributed by atoms with Gasteiger partial charge in [-0.2, -0.15) is 5.26 Å². The van der Waals surface area contributed by atoms with Gasteiger partial charge in [-0.15, -0.1) is 0 Å². The van der Waals surface area contributed by atoms with Crippen molar-refractivity contribution < 1.29 is 29.0 Å². The van der Waals surface area contributed by atoms with Crippen LogP contribution in [0.3, 0.4) is 0 Å². The van der Waals surface area contributed by atoms with Crippen molar-refractivity contribution in [2.24, 2.45) is 5.41 Å². The molecule has 2 amide bonds. The summed E-state index contributed by atoms with van der Waals surface area (Å²) in [4.78, 5) is 47.4. The van der Waals surface area contributed by atoms with Gasteiger partial charge in [-0.25, -0.2) is 4.79 Å². The zero-order valence-corrected chi connectivity index (χ0v) is 26.1. The van der Waals surface area contributed by atoms with Gasteiger partial charge in [0, 0.05) is 31.8 Å². The van der Waals surface area contributed by atoms with E-state index in [2.05, 4.69) is 11.1 Å². The van der Waals surface area contributed by atoms with Crippen molar-refractivity contribution in [3.63, 3.8) is 0 Å². The number of ether oxygens (including phenoxy) is 2. The molecular formula is C32H37ClN4O6. The second kappa shape index (κ2) is 12.3. The molecule has 10 nitrogen and oxygen atoms in total. The minimum absolute atomic E-state index is 0.0384. The molecule has 0 aliphatic carbocycles. The molecule has 2 aliphatic heterocycles. The fourth-order valence-corrected chi connectivity index (χ4v) is 5.95. The van der Waals surface area contributed by atoms with Crippen molar-refractivity contribution in [2.75, 3.05) is 19.6 Å². The molecule has 1 aromatic carbocycles. The van der Waals surface area contributed by atoms with Crippen LogP contribution in [0.4, 0.5) is 4.79 Å². The molecule has 0 bridgehead atoms. The van der Waals surface area contributed by atoms with Crippen LogP contribution in [0.25, 0.3) is 5.57 Å². The highest BCUT2D eigenvalue weighted by Gasteiger charge is 2.57. The Labute approximate surface area is 256 Å². The number of carbonyl (C=O) groups is 3. The predicted molar refractivity (Wildman–Crippen MR) is 161 cm³/mol. The van der Waals surface area contributed by atoms with E-state index in [9.17, 15) is 24.8 Å². The molecule has 2 aromatic rings. The number of nitriles is 1. The van der Waals surface area contributed by atoms with Gasteiger partial charge in [0.1, 0.15) is 23.5 Å². The number of amides is 2. The van der Waals surface area contributed by atoms with Crippen LogP contribution in [0.1, 0.15) is 62.8 Å². The fourth-order valence-electron chi connectivity index (χ4n) is 5.79. The molecule has 11 heteroatoms. The van der Waals surface area contributed by atoms with Gasteiger partial charge in [0.15, 0.2) is 0 Å². The van der Waals surface area contributed by atoms with Crippen LogP contribution in [0, 0.1) is 30.6 Å². The van der Waals surface area contributed by atoms with Crippen molar-refractivity contribution >= 4 is 35.1 Å². The number of aromatic nitrogens is 1. The number of pyridine rings is 1. The molecule has 43 heavy (non-hydrogen) atoms. The van der Waals surface area contributed by atoms with Gasteiger partial charge in [-0.3, -0.25) is 19.5 Å². The molecule has 4 rings (SSSR count). The van der Waals surface area contributed by atoms with Crippen LogP contribution in [0.15, 0.2) is 36.7 Å². The number of nitrogens with zero attached hydrogens (tertiary/aromatic N) is 4. The number of hydrogen-bond acceptors (Lipinski definition) is 7. The smallest absolute Gasteiger partial charge is 0.411 e. The zero-order chi connectivity index (χ0) is 31.7. The molecule has 1 aromatic heterocycles. The third-order valence-electron chi connectivity index (χ3n) is 7.84. The van der Waals surface area contributed by atoms with Gasteiger partial charge < -0.3 is 19.5 Å². The lowest BCUT2D eigenvalue weighted by molar-refractivity contribution is -0.167. The van der Waals surface area contributed by atoms with E-state index in [4.69, 9.17) is 21.1 Å². The average Bonchev–Trinajstić information content (AvgIpc) is 2.91. The van der Waals surface area contributed by atoms with Gasteiger partial charge in [0.2, 0.25) is 5.91 Å². The van der Waals surface area contributed by atoms with Gasteiger partial charge in [0.05, 0.1) is 34.8 Å². The van der Waals surface area contributed by atoms with Crippen molar-refractivity contribution in [2.45, 2.75) is 72.1 Å². The summed E-state index contributed by atoms with van der Waals surface area (Å²) in [5, 5.41) is 20.3. The van der Waals surface area contributed by atoms with Crippen LogP contribution < -0.4 is 4.74 Å². The maximum absolute atomic E-state index is 14.2. The first-order valence-corrected chi connectivity index (χ1v) is 14.5. The normalized spacial score (nSPS) is 22.3. The van der Waals surface area contributed by atoms with Crippen molar-refractivity contribution in [1.29, 1.82) is 5.26 Å². The summed E-state index contributed by atoms with van der Waals surface area (Å²) >= 11 is 6.06. The molecule has 0 saturated carbocycles. The third-order valence-corrected chi connectivity index (χ3v) is 8.04. The highest BCUT2D eigenvalue weighted by atomic mass is 35.5. The van der Waals surface area contributed by atoms with Gasteiger partial charge in [-0.05, 0) is 70.2 Å². The molecule has 0 unspecified atom stereocenters. The Morgan fingerprint density at radius 3 is 2.37 bits per heavy atom. The number of rotatable bonds is 5. The molecule has 0 spiro atoms. The summed E-state index contributed by atoms with van der Waals surface area (Å²) in [6.07, 6.45) is 3.77. The number of aryl methyl sites for hydroxylation is 2. The second-order valence-corrected chi connectivity index (χ2v) is 12.8. The van der Waals surface area contributed by atoms with Gasteiger partial charge in [0.25, 0.3) is 0 Å². The molecular weight excluding hydrogens is 572 g/mol. The summed E-state index contributed by atoms with van der Waals surface area (Å²) < 4.78 is 11.7. The van der Waals surface area contributed by atoms with Crippen LogP contribution in [-0.2, 0) is 14.3 Å². The number of carbonyl (C=O) groups excluding carboxylic acids is 2. The molecule has 3 heterocycles. The van der Waals surface area contributed by atoms with Crippen LogP contribution >= 0.6 is 11.6 Å². The van der Waals surface area contributed by atoms with E-state index in [-0.39, 0.29) is 19.5 Å². The van der Waals surface area contributed by atoms with Crippen LogP contribution in [0.5, 0.6) is 5.75 Å². The van der Waals surface area contributed by atoms with Crippen LogP contribution in [-0.4, -0.2) is 75.2 Å². The summed E-state index contributed by atoms with van der Waals surface area (Å²) in [5.74, 6) is -1.38. The quantitative estimate of drug-likeness (QED) is 0.478. The third kappa shape index (κ3) is 6.94. The number of carboxylic acids is 1. The molecule has 1 fully saturated rings.